The summed E-state index contributed by atoms with van der Waals surface area (Å²) in [7, 11) is 0. The van der Waals surface area contributed by atoms with Crippen LogP contribution in [0.4, 0.5) is 0 Å². The van der Waals surface area contributed by atoms with Crippen molar-refractivity contribution in [2.75, 3.05) is 6.61 Å². The zero-order chi connectivity index (χ0) is 21.3. The van der Waals surface area contributed by atoms with Crippen molar-refractivity contribution < 1.29 is 19.1 Å². The van der Waals surface area contributed by atoms with Crippen molar-refractivity contribution in [3.8, 4) is 11.5 Å². The van der Waals surface area contributed by atoms with E-state index in [1.54, 1.807) is 31.2 Å². The predicted octanol–water partition coefficient (Wildman–Crippen LogP) is 4.25. The number of benzene rings is 3. The number of carbonyl (C=O) groups excluding carboxylic acids is 2. The van der Waals surface area contributed by atoms with Crippen LogP contribution in [0.5, 0.6) is 11.5 Å². The number of ether oxygens (including phenoxy) is 2. The quantitative estimate of drug-likeness (QED) is 0.433. The molecule has 6 nitrogen and oxygen atoms in total. The minimum atomic E-state index is -0.782. The van der Waals surface area contributed by atoms with E-state index in [1.807, 2.05) is 42.5 Å². The van der Waals surface area contributed by atoms with Crippen LogP contribution in [0, 0.1) is 0 Å². The monoisotopic (exact) mass is 406 g/mol. The molecule has 0 fully saturated rings. The van der Waals surface area contributed by atoms with Crippen LogP contribution in [-0.2, 0) is 4.79 Å². The zero-order valence-corrected chi connectivity index (χ0v) is 17.2. The van der Waals surface area contributed by atoms with Crippen LogP contribution in [0.15, 0.2) is 66.7 Å². The SMILES string of the molecule is CCCCOc1cccc(C(=O)NNC(=O)[C@H](C)Oc2ccc3ccccc3c2)c1. The first kappa shape index (κ1) is 21.2. The van der Waals surface area contributed by atoms with Gasteiger partial charge in [0.1, 0.15) is 11.5 Å². The Morgan fingerprint density at radius 1 is 0.900 bits per heavy atom. The molecule has 0 unspecified atom stereocenters. The standard InChI is InChI=1S/C24H26N2O4/c1-3-4-14-29-21-11-7-10-20(16-21)24(28)26-25-23(27)17(2)30-22-13-12-18-8-5-6-9-19(18)15-22/h5-13,15-17H,3-4,14H2,1-2H3,(H,25,27)(H,26,28)/t17-/m0/s1. The number of hydrogen-bond donors (Lipinski definition) is 2. The topological polar surface area (TPSA) is 76.7 Å². The van der Waals surface area contributed by atoms with E-state index in [0.717, 1.165) is 23.6 Å². The van der Waals surface area contributed by atoms with Gasteiger partial charge < -0.3 is 9.47 Å². The molecule has 156 valence electrons. The zero-order valence-electron chi connectivity index (χ0n) is 17.2. The number of amides is 2. The van der Waals surface area contributed by atoms with Gasteiger partial charge in [-0.25, -0.2) is 0 Å². The van der Waals surface area contributed by atoms with Crippen molar-refractivity contribution in [2.45, 2.75) is 32.8 Å². The molecule has 0 aliphatic carbocycles. The Labute approximate surface area is 176 Å². The summed E-state index contributed by atoms with van der Waals surface area (Å²) in [6.45, 7) is 4.31. The van der Waals surface area contributed by atoms with Gasteiger partial charge in [-0.05, 0) is 54.4 Å². The number of unbranched alkanes of at least 4 members (excludes halogenated alkanes) is 1. The van der Waals surface area contributed by atoms with Crippen molar-refractivity contribution in [1.29, 1.82) is 0 Å². The molecule has 2 amide bonds. The van der Waals surface area contributed by atoms with E-state index >= 15 is 0 Å². The number of carbonyl (C=O) groups is 2. The number of nitrogens with one attached hydrogen (secondary N) is 2. The molecule has 3 rings (SSSR count). The second-order valence-corrected chi connectivity index (χ2v) is 6.94. The van der Waals surface area contributed by atoms with Gasteiger partial charge in [0.15, 0.2) is 6.10 Å². The molecule has 1 atom stereocenters. The van der Waals surface area contributed by atoms with E-state index in [2.05, 4.69) is 17.8 Å². The summed E-state index contributed by atoms with van der Waals surface area (Å²) in [6, 6.07) is 20.4. The van der Waals surface area contributed by atoms with Crippen LogP contribution in [0.25, 0.3) is 10.8 Å². The van der Waals surface area contributed by atoms with E-state index in [-0.39, 0.29) is 0 Å². The van der Waals surface area contributed by atoms with Crippen LogP contribution in [-0.4, -0.2) is 24.5 Å². The molecule has 0 bridgehead atoms. The fraction of sp³-hybridized carbons (Fsp3) is 0.250. The highest BCUT2D eigenvalue weighted by Crippen LogP contribution is 2.21. The van der Waals surface area contributed by atoms with Gasteiger partial charge in [0.05, 0.1) is 6.61 Å². The number of fused-ring (bicyclic) bond motifs is 1. The Balaban J connectivity index is 1.52. The summed E-state index contributed by atoms with van der Waals surface area (Å²) < 4.78 is 11.3. The maximum atomic E-state index is 12.3. The summed E-state index contributed by atoms with van der Waals surface area (Å²) in [5, 5.41) is 2.12. The van der Waals surface area contributed by atoms with Crippen molar-refractivity contribution >= 4 is 22.6 Å². The summed E-state index contributed by atoms with van der Waals surface area (Å²) >= 11 is 0. The molecule has 0 aliphatic rings. The molecule has 3 aromatic rings. The second kappa shape index (κ2) is 10.3. The van der Waals surface area contributed by atoms with Gasteiger partial charge in [-0.2, -0.15) is 0 Å². The molecular formula is C24H26N2O4. The summed E-state index contributed by atoms with van der Waals surface area (Å²) in [4.78, 5) is 24.6. The third kappa shape index (κ3) is 5.73. The minimum absolute atomic E-state index is 0.396. The highest BCUT2D eigenvalue weighted by molar-refractivity contribution is 5.96. The lowest BCUT2D eigenvalue weighted by molar-refractivity contribution is -0.128. The normalized spacial score (nSPS) is 11.5. The summed E-state index contributed by atoms with van der Waals surface area (Å²) in [5.41, 5.74) is 5.22. The fourth-order valence-corrected chi connectivity index (χ4v) is 2.85. The molecule has 0 aromatic heterocycles. The molecule has 0 saturated heterocycles. The number of rotatable bonds is 8. The van der Waals surface area contributed by atoms with Crippen LogP contribution >= 0.6 is 0 Å². The Hall–Kier alpha value is -3.54. The van der Waals surface area contributed by atoms with E-state index in [4.69, 9.17) is 9.47 Å². The van der Waals surface area contributed by atoms with Gasteiger partial charge in [0, 0.05) is 5.56 Å². The van der Waals surface area contributed by atoms with Gasteiger partial charge in [-0.15, -0.1) is 0 Å². The second-order valence-electron chi connectivity index (χ2n) is 6.94. The third-order valence-corrected chi connectivity index (χ3v) is 4.57. The lowest BCUT2D eigenvalue weighted by Gasteiger charge is -2.16. The molecule has 0 spiro atoms. The third-order valence-electron chi connectivity index (χ3n) is 4.57. The maximum Gasteiger partial charge on any atom is 0.279 e. The van der Waals surface area contributed by atoms with Gasteiger partial charge >= 0.3 is 0 Å². The summed E-state index contributed by atoms with van der Waals surface area (Å²) in [5.74, 6) is 0.323. The number of hydrazine groups is 1. The molecule has 3 aromatic carbocycles. The average molecular weight is 406 g/mol. The minimum Gasteiger partial charge on any atom is -0.494 e. The van der Waals surface area contributed by atoms with Crippen molar-refractivity contribution in [3.63, 3.8) is 0 Å². The highest BCUT2D eigenvalue weighted by Gasteiger charge is 2.16. The van der Waals surface area contributed by atoms with Gasteiger partial charge in [0.25, 0.3) is 11.8 Å². The van der Waals surface area contributed by atoms with E-state index in [1.165, 1.54) is 0 Å². The fourth-order valence-electron chi connectivity index (χ4n) is 2.85. The molecule has 30 heavy (non-hydrogen) atoms. The Kier molecular flexibility index (Phi) is 7.27. The first-order valence-corrected chi connectivity index (χ1v) is 10.1. The van der Waals surface area contributed by atoms with Crippen LogP contribution in [0.2, 0.25) is 0 Å². The maximum absolute atomic E-state index is 12.3. The molecule has 0 saturated carbocycles. The van der Waals surface area contributed by atoms with Crippen molar-refractivity contribution in [3.05, 3.63) is 72.3 Å². The Bertz CT molecular complexity index is 1020. The average Bonchev–Trinajstić information content (AvgIpc) is 2.77. The Morgan fingerprint density at radius 3 is 2.50 bits per heavy atom. The van der Waals surface area contributed by atoms with Gasteiger partial charge in [0.2, 0.25) is 0 Å². The van der Waals surface area contributed by atoms with Crippen LogP contribution in [0.1, 0.15) is 37.0 Å². The largest absolute Gasteiger partial charge is 0.494 e. The molecule has 0 heterocycles. The first-order chi connectivity index (χ1) is 14.6. The molecule has 0 aliphatic heterocycles. The van der Waals surface area contributed by atoms with Crippen LogP contribution < -0.4 is 20.3 Å². The lowest BCUT2D eigenvalue weighted by atomic mass is 10.1. The summed E-state index contributed by atoms with van der Waals surface area (Å²) in [6.07, 6.45) is 1.20. The van der Waals surface area contributed by atoms with E-state index < -0.39 is 17.9 Å². The highest BCUT2D eigenvalue weighted by atomic mass is 16.5. The van der Waals surface area contributed by atoms with Crippen molar-refractivity contribution in [2.24, 2.45) is 0 Å². The molecule has 2 N–H and O–H groups in total. The van der Waals surface area contributed by atoms with Crippen LogP contribution in [0.3, 0.4) is 0 Å². The predicted molar refractivity (Wildman–Crippen MR) is 116 cm³/mol. The van der Waals surface area contributed by atoms with Gasteiger partial charge in [-0.1, -0.05) is 49.7 Å². The molecule has 6 heteroatoms. The van der Waals surface area contributed by atoms with Gasteiger partial charge in [-0.3, -0.25) is 20.4 Å². The smallest absolute Gasteiger partial charge is 0.279 e. The van der Waals surface area contributed by atoms with Crippen molar-refractivity contribution in [1.82, 2.24) is 10.9 Å². The Morgan fingerprint density at radius 2 is 1.70 bits per heavy atom. The molecular weight excluding hydrogens is 380 g/mol. The number of hydrogen-bond acceptors (Lipinski definition) is 4. The van der Waals surface area contributed by atoms with E-state index in [0.29, 0.717) is 23.7 Å². The van der Waals surface area contributed by atoms with E-state index in [9.17, 15) is 9.59 Å². The molecule has 0 radical (unpaired) electrons. The lowest BCUT2D eigenvalue weighted by Crippen LogP contribution is -2.47. The first-order valence-electron chi connectivity index (χ1n) is 10.1.